The van der Waals surface area contributed by atoms with Crippen molar-refractivity contribution in [2.45, 2.75) is 354 Å². The van der Waals surface area contributed by atoms with Crippen LogP contribution >= 0.6 is 7.82 Å². The number of hydrogen-bond acceptors (Lipinski definition) is 7. The second kappa shape index (κ2) is 61.1. The normalized spacial score (nSPS) is 13.8. The summed E-state index contributed by atoms with van der Waals surface area (Å²) in [6, 6.07) is -0.885. The van der Waals surface area contributed by atoms with Crippen molar-refractivity contribution >= 4 is 19.7 Å². The van der Waals surface area contributed by atoms with Gasteiger partial charge in [-0.3, -0.25) is 14.2 Å². The highest BCUT2D eigenvalue weighted by molar-refractivity contribution is 7.45. The molecule has 0 aromatic rings. The topological polar surface area (TPSA) is 114 Å². The molecule has 1 amide bonds. The van der Waals surface area contributed by atoms with Gasteiger partial charge >= 0.3 is 5.97 Å². The van der Waals surface area contributed by atoms with Gasteiger partial charge in [0.15, 0.2) is 0 Å². The minimum Gasteiger partial charge on any atom is -0.756 e. The summed E-state index contributed by atoms with van der Waals surface area (Å²) in [6.45, 7) is 6.86. The predicted molar refractivity (Wildman–Crippen MR) is 349 cm³/mol. The molecule has 1 N–H and O–H groups in total. The number of nitrogens with one attached hydrogen (secondary N) is 1. The van der Waals surface area contributed by atoms with Gasteiger partial charge in [-0.05, 0) is 70.3 Å². The Morgan fingerprint density at radius 3 is 1.15 bits per heavy atom. The van der Waals surface area contributed by atoms with E-state index in [0.29, 0.717) is 17.4 Å². The Morgan fingerprint density at radius 1 is 0.432 bits per heavy atom. The van der Waals surface area contributed by atoms with Crippen LogP contribution in [0.2, 0.25) is 0 Å². The SMILES string of the molecule is CCCCC/C=C\C/C=C\C/C=C\CCCCCCCCCCCCCCCCC(=O)OC(/C=C\CCCCCCCCCCCC)C(COP(=O)([O-])OCC[N+](C)(C)C)NC(=O)CCCCCCCCCCCCCCCCCC. The first kappa shape index (κ1) is 79.0. The van der Waals surface area contributed by atoms with Gasteiger partial charge in [-0.25, -0.2) is 0 Å². The van der Waals surface area contributed by atoms with Gasteiger partial charge < -0.3 is 28.5 Å². The molecule has 0 aliphatic rings. The fourth-order valence-electron chi connectivity index (χ4n) is 10.4. The number of ether oxygens (including phenoxy) is 1. The molecular weight excluding hydrogens is 1020 g/mol. The Kier molecular flexibility index (Phi) is 59.5. The smallest absolute Gasteiger partial charge is 0.306 e. The van der Waals surface area contributed by atoms with Crippen LogP contribution in [-0.4, -0.2) is 69.4 Å². The van der Waals surface area contributed by atoms with Crippen LogP contribution in [0.5, 0.6) is 0 Å². The second-order valence-electron chi connectivity index (χ2n) is 25.0. The van der Waals surface area contributed by atoms with Crippen molar-refractivity contribution in [2.75, 3.05) is 40.9 Å². The number of amides is 1. The van der Waals surface area contributed by atoms with Crippen molar-refractivity contribution in [3.63, 3.8) is 0 Å². The van der Waals surface area contributed by atoms with Gasteiger partial charge in [-0.2, -0.15) is 0 Å². The number of nitrogens with zero attached hydrogens (tertiary/aromatic N) is 1. The zero-order valence-electron chi connectivity index (χ0n) is 54.5. The third kappa shape index (κ3) is 62.3. The molecular formula is C71H135N2O7P. The summed E-state index contributed by atoms with van der Waals surface area (Å²) in [5.74, 6) is -0.525. The van der Waals surface area contributed by atoms with Crippen molar-refractivity contribution in [3.8, 4) is 0 Å². The van der Waals surface area contributed by atoms with Gasteiger partial charge in [0.25, 0.3) is 7.82 Å². The maximum Gasteiger partial charge on any atom is 0.306 e. The lowest BCUT2D eigenvalue weighted by Gasteiger charge is -2.30. The zero-order chi connectivity index (χ0) is 59.3. The van der Waals surface area contributed by atoms with E-state index in [1.165, 1.54) is 238 Å². The van der Waals surface area contributed by atoms with Crippen LogP contribution in [0.3, 0.4) is 0 Å². The fourth-order valence-corrected chi connectivity index (χ4v) is 11.1. The number of esters is 1. The average molecular weight is 1160 g/mol. The van der Waals surface area contributed by atoms with E-state index in [1.807, 2.05) is 33.3 Å². The van der Waals surface area contributed by atoms with Crippen molar-refractivity contribution < 1.29 is 37.3 Å². The van der Waals surface area contributed by atoms with Crippen LogP contribution in [0.4, 0.5) is 0 Å². The Labute approximate surface area is 503 Å². The fraction of sp³-hybridized carbons (Fsp3) is 0.859. The second-order valence-corrected chi connectivity index (χ2v) is 26.5. The van der Waals surface area contributed by atoms with E-state index in [2.05, 4.69) is 62.5 Å². The summed E-state index contributed by atoms with van der Waals surface area (Å²) in [5, 5.41) is 3.04. The van der Waals surface area contributed by atoms with Crippen LogP contribution in [0, 0.1) is 0 Å². The number of unbranched alkanes of at least 4 members (excludes halogenated alkanes) is 42. The molecule has 3 unspecified atom stereocenters. The first-order chi connectivity index (χ1) is 39.4. The van der Waals surface area contributed by atoms with Gasteiger partial charge in [0.2, 0.25) is 5.91 Å². The van der Waals surface area contributed by atoms with Crippen molar-refractivity contribution in [1.29, 1.82) is 0 Å². The number of allylic oxidation sites excluding steroid dienone is 7. The van der Waals surface area contributed by atoms with E-state index in [1.54, 1.807) is 0 Å². The van der Waals surface area contributed by atoms with Gasteiger partial charge in [0, 0.05) is 12.8 Å². The minimum atomic E-state index is -4.70. The molecule has 0 saturated carbocycles. The number of quaternary nitrogens is 1. The summed E-state index contributed by atoms with van der Waals surface area (Å²) in [6.07, 6.45) is 76.6. The lowest BCUT2D eigenvalue weighted by atomic mass is 10.0. The van der Waals surface area contributed by atoms with E-state index < -0.39 is 20.0 Å². The molecule has 0 aromatic carbocycles. The van der Waals surface area contributed by atoms with E-state index in [4.69, 9.17) is 13.8 Å². The number of rotatable bonds is 64. The Hall–Kier alpha value is -2.03. The van der Waals surface area contributed by atoms with Gasteiger partial charge in [0.05, 0.1) is 33.8 Å². The van der Waals surface area contributed by atoms with E-state index in [9.17, 15) is 19.0 Å². The molecule has 81 heavy (non-hydrogen) atoms. The summed E-state index contributed by atoms with van der Waals surface area (Å²) < 4.78 is 30.4. The molecule has 10 heteroatoms. The lowest BCUT2D eigenvalue weighted by Crippen LogP contribution is -2.47. The Morgan fingerprint density at radius 2 is 0.753 bits per heavy atom. The number of phosphoric ester groups is 1. The van der Waals surface area contributed by atoms with E-state index >= 15 is 0 Å². The first-order valence-electron chi connectivity index (χ1n) is 34.9. The number of hydrogen-bond donors (Lipinski definition) is 1. The number of carbonyl (C=O) groups is 2. The molecule has 0 radical (unpaired) electrons. The van der Waals surface area contributed by atoms with Crippen LogP contribution in [0.15, 0.2) is 48.6 Å². The van der Waals surface area contributed by atoms with Crippen molar-refractivity contribution in [1.82, 2.24) is 5.32 Å². The molecule has 0 aliphatic heterocycles. The molecule has 0 aromatic heterocycles. The van der Waals surface area contributed by atoms with Crippen LogP contribution in [0.1, 0.15) is 342 Å². The molecule has 0 rings (SSSR count). The number of carbonyl (C=O) groups excluding carboxylic acids is 2. The minimum absolute atomic E-state index is 0.0200. The largest absolute Gasteiger partial charge is 0.756 e. The lowest BCUT2D eigenvalue weighted by molar-refractivity contribution is -0.870. The molecule has 0 bridgehead atoms. The summed E-state index contributed by atoms with van der Waals surface area (Å²) >= 11 is 0. The molecule has 0 fully saturated rings. The highest BCUT2D eigenvalue weighted by Crippen LogP contribution is 2.38. The molecule has 9 nitrogen and oxygen atoms in total. The maximum atomic E-state index is 13.6. The average Bonchev–Trinajstić information content (AvgIpc) is 3.44. The predicted octanol–water partition coefficient (Wildman–Crippen LogP) is 21.4. The summed E-state index contributed by atoms with van der Waals surface area (Å²) in [5.41, 5.74) is 0. The standard InChI is InChI=1S/C71H135N2O7P/c1-7-10-13-16-19-22-25-28-30-32-33-34-35-36-37-38-39-40-41-42-44-46-49-52-55-58-61-64-71(75)80-69(62-59-56-53-50-47-27-24-21-18-15-12-9-3)68(67-79-81(76,77)78-66-65-73(4,5)6)72-70(74)63-60-57-54-51-48-45-43-31-29-26-23-20-17-14-11-8-2/h19,22,28,30,33-34,59,62,68-69H,7-18,20-21,23-27,29,31-32,35-58,60-61,63-67H2,1-6H3,(H-,72,74,76,77)/b22-19-,30-28-,34-33-,62-59-. The Balaban J connectivity index is 5.00. The number of likely N-dealkylation sites (N-methyl/N-ethyl adjacent to an activating group) is 1. The van der Waals surface area contributed by atoms with E-state index in [0.717, 1.165) is 70.6 Å². The molecule has 3 atom stereocenters. The van der Waals surface area contributed by atoms with Crippen LogP contribution in [0.25, 0.3) is 0 Å². The van der Waals surface area contributed by atoms with Crippen molar-refractivity contribution in [2.24, 2.45) is 0 Å². The molecule has 476 valence electrons. The summed E-state index contributed by atoms with van der Waals surface area (Å²) in [7, 11) is 1.20. The highest BCUT2D eigenvalue weighted by Gasteiger charge is 2.27. The monoisotopic (exact) mass is 1160 g/mol. The highest BCUT2D eigenvalue weighted by atomic mass is 31.2. The van der Waals surface area contributed by atoms with Gasteiger partial charge in [0.1, 0.15) is 19.3 Å². The maximum absolute atomic E-state index is 13.6. The molecule has 0 saturated heterocycles. The van der Waals surface area contributed by atoms with Crippen LogP contribution in [-0.2, 0) is 27.9 Å². The third-order valence-electron chi connectivity index (χ3n) is 15.8. The zero-order valence-corrected chi connectivity index (χ0v) is 55.4. The quantitative estimate of drug-likeness (QED) is 0.0212. The van der Waals surface area contributed by atoms with Gasteiger partial charge in [-0.1, -0.05) is 307 Å². The molecule has 0 aliphatic carbocycles. The third-order valence-corrected chi connectivity index (χ3v) is 16.7. The summed E-state index contributed by atoms with van der Waals surface area (Å²) in [4.78, 5) is 40.1. The van der Waals surface area contributed by atoms with Crippen LogP contribution < -0.4 is 10.2 Å². The van der Waals surface area contributed by atoms with Gasteiger partial charge in [-0.15, -0.1) is 0 Å². The molecule has 0 heterocycles. The molecule has 0 spiro atoms. The van der Waals surface area contributed by atoms with E-state index in [-0.39, 0.29) is 31.5 Å². The Bertz CT molecular complexity index is 1520. The number of phosphoric acid groups is 1. The first-order valence-corrected chi connectivity index (χ1v) is 36.4. The van der Waals surface area contributed by atoms with Crippen molar-refractivity contribution in [3.05, 3.63) is 48.6 Å².